The van der Waals surface area contributed by atoms with Gasteiger partial charge in [-0.25, -0.2) is 0 Å². The van der Waals surface area contributed by atoms with Crippen LogP contribution in [0.1, 0.15) is 17.2 Å². The van der Waals surface area contributed by atoms with E-state index in [1.165, 1.54) is 11.3 Å². The van der Waals surface area contributed by atoms with Crippen molar-refractivity contribution in [3.63, 3.8) is 0 Å². The number of likely N-dealkylation sites (N-methyl/N-ethyl adjacent to an activating group) is 1. The number of aromatic nitrogens is 2. The van der Waals surface area contributed by atoms with Gasteiger partial charge >= 0.3 is 0 Å². The molecule has 0 aliphatic heterocycles. The van der Waals surface area contributed by atoms with Gasteiger partial charge < -0.3 is 9.64 Å². The third-order valence-electron chi connectivity index (χ3n) is 3.39. The highest BCUT2D eigenvalue weighted by molar-refractivity contribution is 5.28. The Hall–Kier alpha value is -1.65. The number of ether oxygens (including phenoxy) is 1. The molecule has 4 nitrogen and oxygen atoms in total. The molecule has 1 unspecified atom stereocenters. The highest BCUT2D eigenvalue weighted by Gasteiger charge is 2.17. The molecule has 0 N–H and O–H groups in total. The molecule has 4 heteroatoms. The minimum absolute atomic E-state index is 0.228. The number of nitrogens with zero attached hydrogens (tertiary/aromatic N) is 3. The summed E-state index contributed by atoms with van der Waals surface area (Å²) >= 11 is 0. The molecule has 2 aromatic rings. The molecule has 0 aliphatic carbocycles. The van der Waals surface area contributed by atoms with Gasteiger partial charge in [-0.3, -0.25) is 4.68 Å². The first kappa shape index (κ1) is 14.8. The molecule has 0 spiro atoms. The van der Waals surface area contributed by atoms with Crippen molar-refractivity contribution in [2.24, 2.45) is 7.05 Å². The quantitative estimate of drug-likeness (QED) is 0.724. The van der Waals surface area contributed by atoms with Gasteiger partial charge in [0.15, 0.2) is 0 Å². The van der Waals surface area contributed by atoms with E-state index >= 15 is 0 Å². The second-order valence-corrected chi connectivity index (χ2v) is 5.22. The molecule has 0 radical (unpaired) electrons. The van der Waals surface area contributed by atoms with Gasteiger partial charge in [0.1, 0.15) is 0 Å². The van der Waals surface area contributed by atoms with E-state index in [-0.39, 0.29) is 5.92 Å². The van der Waals surface area contributed by atoms with Crippen molar-refractivity contribution in [1.82, 2.24) is 14.7 Å². The first-order valence-corrected chi connectivity index (χ1v) is 6.94. The minimum Gasteiger partial charge on any atom is -0.379 e. The van der Waals surface area contributed by atoms with Crippen LogP contribution in [0.25, 0.3) is 0 Å². The Kier molecular flexibility index (Phi) is 5.32. The molecule has 2 rings (SSSR count). The highest BCUT2D eigenvalue weighted by Crippen LogP contribution is 2.24. The smallest absolute Gasteiger partial charge is 0.0593 e. The molecular weight excluding hydrogens is 250 g/mol. The van der Waals surface area contributed by atoms with E-state index in [4.69, 9.17) is 4.74 Å². The van der Waals surface area contributed by atoms with Gasteiger partial charge in [-0.2, -0.15) is 5.10 Å². The van der Waals surface area contributed by atoms with Crippen molar-refractivity contribution in [1.29, 1.82) is 0 Å². The largest absolute Gasteiger partial charge is 0.379 e. The van der Waals surface area contributed by atoms with Crippen LogP contribution < -0.4 is 0 Å². The second kappa shape index (κ2) is 7.22. The van der Waals surface area contributed by atoms with E-state index in [0.29, 0.717) is 6.61 Å². The van der Waals surface area contributed by atoms with Crippen LogP contribution in [0.4, 0.5) is 0 Å². The van der Waals surface area contributed by atoms with Crippen LogP contribution in [0.15, 0.2) is 42.6 Å². The van der Waals surface area contributed by atoms with Gasteiger partial charge in [-0.15, -0.1) is 0 Å². The SMILES string of the molecule is CN(C)CCOCC(c1ccccc1)c1ccnn1C. The number of aryl methyl sites for hydroxylation is 1. The Morgan fingerprint density at radius 2 is 1.95 bits per heavy atom. The summed E-state index contributed by atoms with van der Waals surface area (Å²) in [4.78, 5) is 2.13. The van der Waals surface area contributed by atoms with Crippen molar-refractivity contribution in [3.8, 4) is 0 Å². The molecule has 0 saturated carbocycles. The molecule has 1 aromatic heterocycles. The normalized spacial score (nSPS) is 12.8. The summed E-state index contributed by atoms with van der Waals surface area (Å²) < 4.78 is 7.78. The van der Waals surface area contributed by atoms with Gasteiger partial charge in [-0.1, -0.05) is 30.3 Å². The summed E-state index contributed by atoms with van der Waals surface area (Å²) in [6, 6.07) is 12.5. The van der Waals surface area contributed by atoms with E-state index in [1.54, 1.807) is 0 Å². The predicted molar refractivity (Wildman–Crippen MR) is 80.9 cm³/mol. The Morgan fingerprint density at radius 3 is 2.55 bits per heavy atom. The van der Waals surface area contributed by atoms with Crippen molar-refractivity contribution in [2.45, 2.75) is 5.92 Å². The number of benzene rings is 1. The zero-order valence-electron chi connectivity index (χ0n) is 12.5. The van der Waals surface area contributed by atoms with Crippen LogP contribution >= 0.6 is 0 Å². The number of rotatable bonds is 7. The molecule has 108 valence electrons. The van der Waals surface area contributed by atoms with Crippen molar-refractivity contribution >= 4 is 0 Å². The molecular formula is C16H23N3O. The van der Waals surface area contributed by atoms with E-state index < -0.39 is 0 Å². The van der Waals surface area contributed by atoms with Gasteiger partial charge in [0.25, 0.3) is 0 Å². The van der Waals surface area contributed by atoms with Gasteiger partial charge in [-0.05, 0) is 25.7 Å². The molecule has 0 fully saturated rings. The summed E-state index contributed by atoms with van der Waals surface area (Å²) in [5.41, 5.74) is 2.45. The zero-order valence-corrected chi connectivity index (χ0v) is 12.5. The fourth-order valence-electron chi connectivity index (χ4n) is 2.21. The maximum absolute atomic E-state index is 5.86. The van der Waals surface area contributed by atoms with E-state index in [0.717, 1.165) is 13.2 Å². The summed E-state index contributed by atoms with van der Waals surface area (Å²) in [5.74, 6) is 0.228. The monoisotopic (exact) mass is 273 g/mol. The minimum atomic E-state index is 0.228. The average molecular weight is 273 g/mol. The molecule has 0 bridgehead atoms. The van der Waals surface area contributed by atoms with Crippen molar-refractivity contribution in [2.75, 3.05) is 33.9 Å². The molecule has 1 aromatic carbocycles. The molecule has 0 saturated heterocycles. The maximum atomic E-state index is 5.86. The Balaban J connectivity index is 2.08. The summed E-state index contributed by atoms with van der Waals surface area (Å²) in [5, 5.41) is 4.27. The third-order valence-corrected chi connectivity index (χ3v) is 3.39. The lowest BCUT2D eigenvalue weighted by molar-refractivity contribution is 0.110. The first-order chi connectivity index (χ1) is 9.68. The van der Waals surface area contributed by atoms with Crippen molar-refractivity contribution in [3.05, 3.63) is 53.9 Å². The molecule has 0 amide bonds. The lowest BCUT2D eigenvalue weighted by Crippen LogP contribution is -2.20. The van der Waals surface area contributed by atoms with E-state index in [2.05, 4.69) is 54.4 Å². The zero-order chi connectivity index (χ0) is 14.4. The Labute approximate surface area is 121 Å². The summed E-state index contributed by atoms with van der Waals surface area (Å²) in [6.45, 7) is 2.36. The van der Waals surface area contributed by atoms with Crippen LogP contribution in [-0.4, -0.2) is 48.5 Å². The summed E-state index contributed by atoms with van der Waals surface area (Å²) in [6.07, 6.45) is 1.84. The van der Waals surface area contributed by atoms with Crippen LogP contribution in [0.3, 0.4) is 0 Å². The number of hydrogen-bond donors (Lipinski definition) is 0. The summed E-state index contributed by atoms with van der Waals surface area (Å²) in [7, 11) is 6.09. The second-order valence-electron chi connectivity index (χ2n) is 5.22. The van der Waals surface area contributed by atoms with Gasteiger partial charge in [0, 0.05) is 31.4 Å². The van der Waals surface area contributed by atoms with Gasteiger partial charge in [0.2, 0.25) is 0 Å². The number of hydrogen-bond acceptors (Lipinski definition) is 3. The van der Waals surface area contributed by atoms with Crippen LogP contribution in [0.5, 0.6) is 0 Å². The third kappa shape index (κ3) is 3.92. The van der Waals surface area contributed by atoms with Crippen molar-refractivity contribution < 1.29 is 4.74 Å². The molecule has 20 heavy (non-hydrogen) atoms. The van der Waals surface area contributed by atoms with Crippen LogP contribution in [0, 0.1) is 0 Å². The first-order valence-electron chi connectivity index (χ1n) is 6.94. The fraction of sp³-hybridized carbons (Fsp3) is 0.438. The highest BCUT2D eigenvalue weighted by atomic mass is 16.5. The van der Waals surface area contributed by atoms with E-state index in [9.17, 15) is 0 Å². The topological polar surface area (TPSA) is 30.3 Å². The molecule has 1 atom stereocenters. The standard InChI is InChI=1S/C16H23N3O/c1-18(2)11-12-20-13-15(14-7-5-4-6-8-14)16-9-10-17-19(16)3/h4-10,15H,11-13H2,1-3H3. The lowest BCUT2D eigenvalue weighted by Gasteiger charge is -2.19. The molecule has 0 aliphatic rings. The van der Waals surface area contributed by atoms with Crippen LogP contribution in [0.2, 0.25) is 0 Å². The molecule has 1 heterocycles. The average Bonchev–Trinajstić information content (AvgIpc) is 2.86. The van der Waals surface area contributed by atoms with E-state index in [1.807, 2.05) is 24.0 Å². The Morgan fingerprint density at radius 1 is 1.20 bits per heavy atom. The predicted octanol–water partition coefficient (Wildman–Crippen LogP) is 2.13. The lowest BCUT2D eigenvalue weighted by atomic mass is 9.96. The van der Waals surface area contributed by atoms with Crippen LogP contribution in [-0.2, 0) is 11.8 Å². The van der Waals surface area contributed by atoms with Gasteiger partial charge in [0.05, 0.1) is 13.2 Å². The fourth-order valence-corrected chi connectivity index (χ4v) is 2.21. The Bertz CT molecular complexity index is 507. The maximum Gasteiger partial charge on any atom is 0.0593 e.